The molecule has 226 valence electrons. The molecule has 2 aliphatic rings. The molecule has 41 heavy (non-hydrogen) atoms. The quantitative estimate of drug-likeness (QED) is 0.382. The van der Waals surface area contributed by atoms with E-state index in [9.17, 15) is 35.9 Å². The molecule has 16 heteroatoms. The highest BCUT2D eigenvalue weighted by Gasteiger charge is 2.38. The second-order valence-electron chi connectivity index (χ2n) is 9.44. The molecule has 0 saturated carbocycles. The lowest BCUT2D eigenvalue weighted by atomic mass is 9.93. The molecule has 2 aliphatic heterocycles. The number of hydrogen-bond donors (Lipinski definition) is 3. The maximum absolute atomic E-state index is 13.4. The molecular formula is C25H30F4N4O7S. The third kappa shape index (κ3) is 9.54. The van der Waals surface area contributed by atoms with Gasteiger partial charge in [0, 0.05) is 26.2 Å². The van der Waals surface area contributed by atoms with Crippen molar-refractivity contribution in [3.05, 3.63) is 47.9 Å². The standard InChI is InChI=1S/C23H29FN4O5S.C2HF3O2/c24-18-2-1-3-20(14-18)34(31,32)26-19-15-21(23(29)30)22(25-16-19)28-8-5-17(6-9-28)4-7-27-10-12-33-13-11-27;3-2(4,5)1(6)7/h1-3,14-17,26H,4-13H2,(H,29,30);(H,6,7). The van der Waals surface area contributed by atoms with Gasteiger partial charge in [0.25, 0.3) is 10.0 Å². The molecule has 0 unspecified atom stereocenters. The first-order valence-electron chi connectivity index (χ1n) is 12.6. The predicted octanol–water partition coefficient (Wildman–Crippen LogP) is 3.29. The van der Waals surface area contributed by atoms with Gasteiger partial charge in [-0.3, -0.25) is 9.62 Å². The normalized spacial score (nSPS) is 16.9. The van der Waals surface area contributed by atoms with Gasteiger partial charge in [-0.1, -0.05) is 6.07 Å². The first-order chi connectivity index (χ1) is 19.3. The molecule has 11 nitrogen and oxygen atoms in total. The van der Waals surface area contributed by atoms with Crippen molar-refractivity contribution in [3.8, 4) is 0 Å². The van der Waals surface area contributed by atoms with E-state index in [2.05, 4.69) is 14.6 Å². The zero-order chi connectivity index (χ0) is 30.2. The Labute approximate surface area is 233 Å². The van der Waals surface area contributed by atoms with Crippen LogP contribution in [0.25, 0.3) is 0 Å². The van der Waals surface area contributed by atoms with Gasteiger partial charge < -0.3 is 19.8 Å². The van der Waals surface area contributed by atoms with Crippen molar-refractivity contribution in [2.24, 2.45) is 5.92 Å². The molecule has 2 aromatic rings. The smallest absolute Gasteiger partial charge is 0.478 e. The van der Waals surface area contributed by atoms with Gasteiger partial charge >= 0.3 is 18.1 Å². The summed E-state index contributed by atoms with van der Waals surface area (Å²) in [4.78, 5) is 29.2. The van der Waals surface area contributed by atoms with Crippen LogP contribution in [0.2, 0.25) is 0 Å². The molecule has 0 atom stereocenters. The first-order valence-corrected chi connectivity index (χ1v) is 14.1. The number of alkyl halides is 3. The molecule has 0 bridgehead atoms. The number of sulfonamides is 1. The average molecular weight is 607 g/mol. The molecule has 0 spiro atoms. The number of rotatable bonds is 8. The summed E-state index contributed by atoms with van der Waals surface area (Å²) in [5.41, 5.74) is -0.0722. The van der Waals surface area contributed by atoms with E-state index in [0.29, 0.717) is 24.8 Å². The lowest BCUT2D eigenvalue weighted by molar-refractivity contribution is -0.192. The van der Waals surface area contributed by atoms with E-state index in [-0.39, 0.29) is 16.1 Å². The van der Waals surface area contributed by atoms with Crippen LogP contribution in [0.3, 0.4) is 0 Å². The number of carboxylic acid groups (broad SMARTS) is 2. The number of benzene rings is 1. The average Bonchev–Trinajstić information content (AvgIpc) is 2.92. The molecule has 4 rings (SSSR count). The summed E-state index contributed by atoms with van der Waals surface area (Å²) in [7, 11) is -4.09. The van der Waals surface area contributed by atoms with Crippen LogP contribution < -0.4 is 9.62 Å². The van der Waals surface area contributed by atoms with Crippen molar-refractivity contribution in [2.45, 2.75) is 30.3 Å². The third-order valence-corrected chi connectivity index (χ3v) is 7.95. The Morgan fingerprint density at radius 3 is 2.27 bits per heavy atom. The minimum absolute atomic E-state index is 0.00538. The third-order valence-electron chi connectivity index (χ3n) is 6.57. The van der Waals surface area contributed by atoms with Gasteiger partial charge in [0.05, 0.1) is 30.0 Å². The van der Waals surface area contributed by atoms with E-state index in [0.717, 1.165) is 64.2 Å². The number of piperidine rings is 1. The Kier molecular flexibility index (Phi) is 10.9. The summed E-state index contributed by atoms with van der Waals surface area (Å²) in [6.45, 7) is 5.95. The van der Waals surface area contributed by atoms with E-state index in [1.807, 2.05) is 4.90 Å². The number of halogens is 4. The van der Waals surface area contributed by atoms with Gasteiger partial charge in [0.2, 0.25) is 0 Å². The number of ether oxygens (including phenoxy) is 1. The molecular weight excluding hydrogens is 576 g/mol. The molecule has 1 aromatic carbocycles. The number of nitrogens with one attached hydrogen (secondary N) is 1. The Morgan fingerprint density at radius 2 is 1.71 bits per heavy atom. The number of pyridine rings is 1. The van der Waals surface area contributed by atoms with Gasteiger partial charge in [0.15, 0.2) is 0 Å². The van der Waals surface area contributed by atoms with Gasteiger partial charge in [-0.25, -0.2) is 27.4 Å². The van der Waals surface area contributed by atoms with E-state index in [4.69, 9.17) is 14.6 Å². The molecule has 2 saturated heterocycles. The Balaban J connectivity index is 0.000000587. The number of aromatic carboxylic acids is 1. The molecule has 0 amide bonds. The summed E-state index contributed by atoms with van der Waals surface area (Å²) >= 11 is 0. The first kappa shape index (κ1) is 32.0. The minimum Gasteiger partial charge on any atom is -0.478 e. The van der Waals surface area contributed by atoms with Crippen LogP contribution in [0.4, 0.5) is 29.1 Å². The largest absolute Gasteiger partial charge is 0.490 e. The van der Waals surface area contributed by atoms with Crippen molar-refractivity contribution in [1.82, 2.24) is 9.88 Å². The number of carbonyl (C=O) groups is 2. The van der Waals surface area contributed by atoms with Crippen LogP contribution in [-0.4, -0.2) is 92.6 Å². The monoisotopic (exact) mass is 606 g/mol. The highest BCUT2D eigenvalue weighted by atomic mass is 32.2. The van der Waals surface area contributed by atoms with Crippen LogP contribution in [0.15, 0.2) is 41.4 Å². The van der Waals surface area contributed by atoms with Crippen LogP contribution in [0, 0.1) is 11.7 Å². The Hall–Kier alpha value is -3.50. The summed E-state index contributed by atoms with van der Waals surface area (Å²) in [6, 6.07) is 5.84. The number of anilines is 2. The van der Waals surface area contributed by atoms with Crippen LogP contribution in [-0.2, 0) is 19.6 Å². The zero-order valence-corrected chi connectivity index (χ0v) is 22.6. The van der Waals surface area contributed by atoms with Crippen LogP contribution in [0.1, 0.15) is 29.6 Å². The van der Waals surface area contributed by atoms with Gasteiger partial charge in [-0.2, -0.15) is 13.2 Å². The second-order valence-corrected chi connectivity index (χ2v) is 11.1. The predicted molar refractivity (Wildman–Crippen MR) is 139 cm³/mol. The summed E-state index contributed by atoms with van der Waals surface area (Å²) < 4.78 is 78.0. The molecule has 3 heterocycles. The number of carboxylic acids is 2. The highest BCUT2D eigenvalue weighted by Crippen LogP contribution is 2.29. The van der Waals surface area contributed by atoms with Gasteiger partial charge in [-0.15, -0.1) is 0 Å². The number of hydrogen-bond acceptors (Lipinski definition) is 8. The number of aromatic nitrogens is 1. The Morgan fingerprint density at radius 1 is 1.07 bits per heavy atom. The second kappa shape index (κ2) is 13.9. The Bertz CT molecular complexity index is 1310. The fraction of sp³-hybridized carbons (Fsp3) is 0.480. The van der Waals surface area contributed by atoms with Crippen LogP contribution >= 0.6 is 0 Å². The summed E-state index contributed by atoms with van der Waals surface area (Å²) in [5.74, 6) is -3.73. The van der Waals surface area contributed by atoms with E-state index in [1.165, 1.54) is 24.4 Å². The topological polar surface area (TPSA) is 149 Å². The van der Waals surface area contributed by atoms with E-state index < -0.39 is 34.0 Å². The highest BCUT2D eigenvalue weighted by molar-refractivity contribution is 7.92. The zero-order valence-electron chi connectivity index (χ0n) is 21.8. The minimum atomic E-state index is -5.08. The lowest BCUT2D eigenvalue weighted by Crippen LogP contribution is -2.39. The SMILES string of the molecule is O=C(O)C(F)(F)F.O=C(O)c1cc(NS(=O)(=O)c2cccc(F)c2)cnc1N1CCC(CCN2CCOCC2)CC1. The molecule has 0 aliphatic carbocycles. The van der Waals surface area contributed by atoms with Crippen LogP contribution in [0.5, 0.6) is 0 Å². The fourth-order valence-corrected chi connectivity index (χ4v) is 5.46. The fourth-order valence-electron chi connectivity index (χ4n) is 4.39. The number of morpholine rings is 1. The van der Waals surface area contributed by atoms with Crippen molar-refractivity contribution >= 4 is 33.5 Å². The summed E-state index contributed by atoms with van der Waals surface area (Å²) in [6.07, 6.45) is -0.797. The summed E-state index contributed by atoms with van der Waals surface area (Å²) in [5, 5.41) is 16.9. The maximum atomic E-state index is 13.4. The van der Waals surface area contributed by atoms with Crippen molar-refractivity contribution in [1.29, 1.82) is 0 Å². The van der Waals surface area contributed by atoms with Crippen molar-refractivity contribution in [2.75, 3.05) is 55.6 Å². The lowest BCUT2D eigenvalue weighted by Gasteiger charge is -2.35. The molecule has 1 aromatic heterocycles. The molecule has 3 N–H and O–H groups in total. The number of nitrogens with zero attached hydrogens (tertiary/aromatic N) is 3. The molecule has 2 fully saturated rings. The number of aliphatic carboxylic acids is 1. The van der Waals surface area contributed by atoms with Gasteiger partial charge in [0.1, 0.15) is 17.2 Å². The van der Waals surface area contributed by atoms with Crippen molar-refractivity contribution < 1.29 is 50.5 Å². The van der Waals surface area contributed by atoms with E-state index in [1.54, 1.807) is 0 Å². The van der Waals surface area contributed by atoms with Crippen molar-refractivity contribution in [3.63, 3.8) is 0 Å². The molecule has 0 radical (unpaired) electrons. The maximum Gasteiger partial charge on any atom is 0.490 e. The van der Waals surface area contributed by atoms with Gasteiger partial charge in [-0.05, 0) is 56.0 Å². The van der Waals surface area contributed by atoms with E-state index >= 15 is 0 Å².